The van der Waals surface area contributed by atoms with Crippen LogP contribution in [0.1, 0.15) is 5.56 Å². The van der Waals surface area contributed by atoms with E-state index in [1.807, 2.05) is 12.1 Å². The molecule has 0 spiro atoms. The number of ether oxygens (including phenoxy) is 3. The standard InChI is InChI=1S/C12H18ClNO3/c1-15-9-6-11(16-2)10(8-14-5-4-13)12(7-9)17-3/h6-7,14H,4-5,8H2,1-3H3. The summed E-state index contributed by atoms with van der Waals surface area (Å²) < 4.78 is 15.8. The maximum absolute atomic E-state index is 5.62. The van der Waals surface area contributed by atoms with Gasteiger partial charge in [-0.15, -0.1) is 11.6 Å². The van der Waals surface area contributed by atoms with Crippen LogP contribution in [0.3, 0.4) is 0 Å². The predicted octanol–water partition coefficient (Wildman–Crippen LogP) is 2.04. The largest absolute Gasteiger partial charge is 0.496 e. The number of halogens is 1. The van der Waals surface area contributed by atoms with E-state index in [1.54, 1.807) is 21.3 Å². The van der Waals surface area contributed by atoms with E-state index in [1.165, 1.54) is 0 Å². The van der Waals surface area contributed by atoms with Gasteiger partial charge in [-0.25, -0.2) is 0 Å². The number of methoxy groups -OCH3 is 3. The molecule has 0 unspecified atom stereocenters. The average molecular weight is 260 g/mol. The first-order valence-electron chi connectivity index (χ1n) is 5.32. The first-order valence-corrected chi connectivity index (χ1v) is 5.85. The molecule has 4 nitrogen and oxygen atoms in total. The van der Waals surface area contributed by atoms with Crippen LogP contribution < -0.4 is 19.5 Å². The van der Waals surface area contributed by atoms with Gasteiger partial charge in [-0.05, 0) is 0 Å². The molecule has 0 fully saturated rings. The highest BCUT2D eigenvalue weighted by Gasteiger charge is 2.12. The molecule has 17 heavy (non-hydrogen) atoms. The summed E-state index contributed by atoms with van der Waals surface area (Å²) in [4.78, 5) is 0. The molecule has 0 heterocycles. The summed E-state index contributed by atoms with van der Waals surface area (Å²) in [6.07, 6.45) is 0. The Balaban J connectivity index is 2.98. The molecular weight excluding hydrogens is 242 g/mol. The molecule has 0 aliphatic heterocycles. The second-order valence-electron chi connectivity index (χ2n) is 3.38. The minimum atomic E-state index is 0.570. The molecule has 96 valence electrons. The quantitative estimate of drug-likeness (QED) is 0.601. The van der Waals surface area contributed by atoms with Crippen molar-refractivity contribution in [2.75, 3.05) is 33.8 Å². The highest BCUT2D eigenvalue weighted by molar-refractivity contribution is 6.18. The van der Waals surface area contributed by atoms with Crippen molar-refractivity contribution in [1.82, 2.24) is 5.32 Å². The van der Waals surface area contributed by atoms with Crippen molar-refractivity contribution in [2.45, 2.75) is 6.54 Å². The highest BCUT2D eigenvalue weighted by Crippen LogP contribution is 2.33. The fraction of sp³-hybridized carbons (Fsp3) is 0.500. The lowest BCUT2D eigenvalue weighted by Gasteiger charge is -2.15. The minimum Gasteiger partial charge on any atom is -0.496 e. The van der Waals surface area contributed by atoms with Gasteiger partial charge in [0, 0.05) is 31.1 Å². The van der Waals surface area contributed by atoms with Crippen LogP contribution in [0.5, 0.6) is 17.2 Å². The SMILES string of the molecule is COc1cc(OC)c(CNCCCl)c(OC)c1. The molecule has 0 aromatic heterocycles. The zero-order chi connectivity index (χ0) is 12.7. The van der Waals surface area contributed by atoms with Gasteiger partial charge in [0.15, 0.2) is 0 Å². The maximum Gasteiger partial charge on any atom is 0.130 e. The summed E-state index contributed by atoms with van der Waals surface area (Å²) in [5.41, 5.74) is 0.959. The van der Waals surface area contributed by atoms with E-state index in [-0.39, 0.29) is 0 Å². The van der Waals surface area contributed by atoms with Gasteiger partial charge in [-0.2, -0.15) is 0 Å². The second kappa shape index (κ2) is 7.25. The van der Waals surface area contributed by atoms with Gasteiger partial charge in [-0.1, -0.05) is 0 Å². The molecule has 1 aromatic carbocycles. The van der Waals surface area contributed by atoms with Gasteiger partial charge in [0.2, 0.25) is 0 Å². The molecule has 0 aliphatic carbocycles. The van der Waals surface area contributed by atoms with Crippen molar-refractivity contribution in [3.63, 3.8) is 0 Å². The molecule has 1 aromatic rings. The van der Waals surface area contributed by atoms with Crippen LogP contribution in [0.15, 0.2) is 12.1 Å². The molecule has 1 N–H and O–H groups in total. The topological polar surface area (TPSA) is 39.7 Å². The number of hydrogen-bond acceptors (Lipinski definition) is 4. The lowest BCUT2D eigenvalue weighted by atomic mass is 10.1. The van der Waals surface area contributed by atoms with Crippen molar-refractivity contribution in [2.24, 2.45) is 0 Å². The van der Waals surface area contributed by atoms with Crippen LogP contribution in [-0.2, 0) is 6.54 Å². The molecule has 0 radical (unpaired) electrons. The van der Waals surface area contributed by atoms with Crippen LogP contribution in [0.2, 0.25) is 0 Å². The minimum absolute atomic E-state index is 0.570. The van der Waals surface area contributed by atoms with Crippen molar-refractivity contribution < 1.29 is 14.2 Å². The van der Waals surface area contributed by atoms with Crippen LogP contribution in [-0.4, -0.2) is 33.8 Å². The fourth-order valence-corrected chi connectivity index (χ4v) is 1.67. The van der Waals surface area contributed by atoms with Crippen LogP contribution >= 0.6 is 11.6 Å². The summed E-state index contributed by atoms with van der Waals surface area (Å²) >= 11 is 5.62. The Kier molecular flexibility index (Phi) is 5.94. The van der Waals surface area contributed by atoms with Gasteiger partial charge in [0.05, 0.1) is 26.9 Å². The molecule has 0 amide bonds. The molecule has 0 bridgehead atoms. The number of alkyl halides is 1. The molecule has 0 saturated heterocycles. The molecule has 0 aliphatic rings. The average Bonchev–Trinajstić information content (AvgIpc) is 2.38. The van der Waals surface area contributed by atoms with Gasteiger partial charge < -0.3 is 19.5 Å². The zero-order valence-corrected chi connectivity index (χ0v) is 11.1. The Morgan fingerprint density at radius 3 is 2.06 bits per heavy atom. The van der Waals surface area contributed by atoms with E-state index in [0.717, 1.165) is 23.6 Å². The van der Waals surface area contributed by atoms with E-state index in [0.29, 0.717) is 18.2 Å². The van der Waals surface area contributed by atoms with Gasteiger partial charge in [0.25, 0.3) is 0 Å². The van der Waals surface area contributed by atoms with E-state index < -0.39 is 0 Å². The van der Waals surface area contributed by atoms with Gasteiger partial charge in [0.1, 0.15) is 17.2 Å². The van der Waals surface area contributed by atoms with E-state index in [4.69, 9.17) is 25.8 Å². The van der Waals surface area contributed by atoms with Crippen molar-refractivity contribution in [3.8, 4) is 17.2 Å². The normalized spacial score (nSPS) is 10.1. The van der Waals surface area contributed by atoms with Crippen LogP contribution in [0.4, 0.5) is 0 Å². The van der Waals surface area contributed by atoms with Crippen LogP contribution in [0.25, 0.3) is 0 Å². The van der Waals surface area contributed by atoms with E-state index in [9.17, 15) is 0 Å². The molecule has 5 heteroatoms. The van der Waals surface area contributed by atoms with Gasteiger partial charge in [-0.3, -0.25) is 0 Å². The maximum atomic E-state index is 5.62. The summed E-state index contributed by atoms with van der Waals surface area (Å²) in [5, 5.41) is 3.21. The molecule has 0 saturated carbocycles. The van der Waals surface area contributed by atoms with E-state index in [2.05, 4.69) is 5.32 Å². The zero-order valence-electron chi connectivity index (χ0n) is 10.4. The smallest absolute Gasteiger partial charge is 0.130 e. The second-order valence-corrected chi connectivity index (χ2v) is 3.75. The molecular formula is C12H18ClNO3. The lowest BCUT2D eigenvalue weighted by molar-refractivity contribution is 0.367. The summed E-state index contributed by atoms with van der Waals surface area (Å²) in [6, 6.07) is 3.67. The van der Waals surface area contributed by atoms with Crippen molar-refractivity contribution in [1.29, 1.82) is 0 Å². The highest BCUT2D eigenvalue weighted by atomic mass is 35.5. The Labute approximate surface area is 107 Å². The van der Waals surface area contributed by atoms with Crippen LogP contribution in [0, 0.1) is 0 Å². The number of hydrogen-bond donors (Lipinski definition) is 1. The first kappa shape index (κ1) is 13.9. The third-order valence-corrected chi connectivity index (χ3v) is 2.58. The number of nitrogens with one attached hydrogen (secondary N) is 1. The first-order chi connectivity index (χ1) is 8.26. The molecule has 1 rings (SSSR count). The summed E-state index contributed by atoms with van der Waals surface area (Å²) in [7, 11) is 4.86. The predicted molar refractivity (Wildman–Crippen MR) is 68.5 cm³/mol. The Morgan fingerprint density at radius 1 is 1.06 bits per heavy atom. The Bertz CT molecular complexity index is 333. The fourth-order valence-electron chi connectivity index (χ4n) is 1.53. The number of benzene rings is 1. The molecule has 0 atom stereocenters. The summed E-state index contributed by atoms with van der Waals surface area (Å²) in [6.45, 7) is 1.38. The van der Waals surface area contributed by atoms with Crippen molar-refractivity contribution in [3.05, 3.63) is 17.7 Å². The third-order valence-electron chi connectivity index (χ3n) is 2.39. The monoisotopic (exact) mass is 259 g/mol. The Hall–Kier alpha value is -1.13. The summed E-state index contributed by atoms with van der Waals surface area (Å²) in [5.74, 6) is 2.76. The Morgan fingerprint density at radius 2 is 1.65 bits per heavy atom. The van der Waals surface area contributed by atoms with Gasteiger partial charge >= 0.3 is 0 Å². The third kappa shape index (κ3) is 3.68. The van der Waals surface area contributed by atoms with E-state index >= 15 is 0 Å². The number of rotatable bonds is 7. The van der Waals surface area contributed by atoms with Crippen molar-refractivity contribution >= 4 is 11.6 Å². The lowest BCUT2D eigenvalue weighted by Crippen LogP contribution is -2.17.